The lowest BCUT2D eigenvalue weighted by Gasteiger charge is -2.18. The smallest absolute Gasteiger partial charge is 0.306 e. The third-order valence-corrected chi connectivity index (χ3v) is 11.3. The Balaban J connectivity index is 4.32. The molecule has 6 heteroatoms. The molecule has 0 fully saturated rings. The molecule has 0 amide bonds. The van der Waals surface area contributed by atoms with Crippen molar-refractivity contribution >= 4 is 17.9 Å². The predicted octanol–water partition coefficient (Wildman–Crippen LogP) is 15.2. The SMILES string of the molecule is CCC(C)CCCCCCCCCCCCC(=O)OC[C@@H](COC(=O)CCCCCCCCC(C)C)OC(=O)CCCCCCCCCCCCCC(C)C. The highest BCUT2D eigenvalue weighted by Gasteiger charge is 2.19. The topological polar surface area (TPSA) is 78.9 Å². The summed E-state index contributed by atoms with van der Waals surface area (Å²) in [5, 5.41) is 0. The normalized spacial score (nSPS) is 12.7. The largest absolute Gasteiger partial charge is 0.462 e. The highest BCUT2D eigenvalue weighted by molar-refractivity contribution is 5.71. The van der Waals surface area contributed by atoms with Gasteiger partial charge in [0.15, 0.2) is 6.10 Å². The zero-order valence-electron chi connectivity index (χ0n) is 37.7. The Labute approximate surface area is 342 Å². The van der Waals surface area contributed by atoms with Crippen molar-refractivity contribution in [1.29, 1.82) is 0 Å². The number of esters is 3. The first-order valence-electron chi connectivity index (χ1n) is 24.1. The van der Waals surface area contributed by atoms with Crippen LogP contribution in [0.2, 0.25) is 0 Å². The van der Waals surface area contributed by atoms with Crippen LogP contribution in [0.5, 0.6) is 0 Å². The van der Waals surface area contributed by atoms with Gasteiger partial charge in [-0.2, -0.15) is 0 Å². The molecule has 326 valence electrons. The molecule has 2 atom stereocenters. The molecule has 0 radical (unpaired) electrons. The van der Waals surface area contributed by atoms with Crippen LogP contribution in [0.25, 0.3) is 0 Å². The average Bonchev–Trinajstić information content (AvgIpc) is 3.15. The van der Waals surface area contributed by atoms with Crippen molar-refractivity contribution in [3.63, 3.8) is 0 Å². The van der Waals surface area contributed by atoms with E-state index < -0.39 is 6.10 Å². The molecular weight excluding hydrogens is 685 g/mol. The van der Waals surface area contributed by atoms with Crippen molar-refractivity contribution in [2.45, 2.75) is 266 Å². The molecule has 0 aromatic rings. The van der Waals surface area contributed by atoms with Gasteiger partial charge in [0, 0.05) is 19.3 Å². The van der Waals surface area contributed by atoms with Crippen molar-refractivity contribution in [3.8, 4) is 0 Å². The first kappa shape index (κ1) is 53.4. The zero-order valence-corrected chi connectivity index (χ0v) is 37.7. The molecule has 0 bridgehead atoms. The summed E-state index contributed by atoms with van der Waals surface area (Å²) in [5.74, 6) is 1.60. The van der Waals surface area contributed by atoms with Gasteiger partial charge in [-0.05, 0) is 37.0 Å². The average molecular weight is 779 g/mol. The van der Waals surface area contributed by atoms with Gasteiger partial charge in [-0.1, -0.05) is 221 Å². The standard InChI is InChI=1S/C49H94O6/c1-7-45(6)37-31-25-18-14-11-12-15-19-26-32-38-47(50)53-41-46(42-54-48(51)39-33-27-22-21-24-30-36-44(4)5)55-49(52)40-34-28-20-16-10-8-9-13-17-23-29-35-43(2)3/h43-46H,7-42H2,1-6H3/t45?,46-/m0/s1. The minimum absolute atomic E-state index is 0.0662. The second kappa shape index (κ2) is 40.6. The Morgan fingerprint density at radius 1 is 0.364 bits per heavy atom. The summed E-state index contributed by atoms with van der Waals surface area (Å²) in [4.78, 5) is 37.8. The van der Waals surface area contributed by atoms with E-state index in [4.69, 9.17) is 14.2 Å². The van der Waals surface area contributed by atoms with Crippen molar-refractivity contribution in [2.75, 3.05) is 13.2 Å². The number of hydrogen-bond acceptors (Lipinski definition) is 6. The Morgan fingerprint density at radius 3 is 0.945 bits per heavy atom. The molecule has 0 saturated heterocycles. The van der Waals surface area contributed by atoms with Gasteiger partial charge < -0.3 is 14.2 Å². The molecule has 0 rings (SSSR count). The summed E-state index contributed by atoms with van der Waals surface area (Å²) >= 11 is 0. The van der Waals surface area contributed by atoms with Crippen LogP contribution in [0.15, 0.2) is 0 Å². The summed E-state index contributed by atoms with van der Waals surface area (Å²) in [6.07, 6.45) is 38.1. The van der Waals surface area contributed by atoms with Crippen LogP contribution in [0.1, 0.15) is 260 Å². The van der Waals surface area contributed by atoms with E-state index in [1.54, 1.807) is 0 Å². The summed E-state index contributed by atoms with van der Waals surface area (Å²) < 4.78 is 16.7. The Bertz CT molecular complexity index is 854. The molecule has 0 aromatic heterocycles. The van der Waals surface area contributed by atoms with Gasteiger partial charge in [0.05, 0.1) is 0 Å². The minimum atomic E-state index is -0.762. The van der Waals surface area contributed by atoms with Crippen LogP contribution in [0.3, 0.4) is 0 Å². The number of unbranched alkanes of at least 4 members (excludes halogenated alkanes) is 24. The Kier molecular flexibility index (Phi) is 39.4. The van der Waals surface area contributed by atoms with E-state index in [2.05, 4.69) is 41.5 Å². The fourth-order valence-electron chi connectivity index (χ4n) is 7.20. The lowest BCUT2D eigenvalue weighted by Crippen LogP contribution is -2.30. The maximum Gasteiger partial charge on any atom is 0.306 e. The van der Waals surface area contributed by atoms with Gasteiger partial charge in [0.2, 0.25) is 0 Å². The van der Waals surface area contributed by atoms with E-state index >= 15 is 0 Å². The number of hydrogen-bond donors (Lipinski definition) is 0. The fraction of sp³-hybridized carbons (Fsp3) is 0.939. The van der Waals surface area contributed by atoms with Crippen molar-refractivity contribution < 1.29 is 28.6 Å². The third kappa shape index (κ3) is 41.9. The van der Waals surface area contributed by atoms with Gasteiger partial charge in [-0.25, -0.2) is 0 Å². The molecule has 0 aromatic carbocycles. The second-order valence-corrected chi connectivity index (χ2v) is 17.9. The van der Waals surface area contributed by atoms with Crippen LogP contribution in [0, 0.1) is 17.8 Å². The first-order valence-corrected chi connectivity index (χ1v) is 24.1. The summed E-state index contributed by atoms with van der Waals surface area (Å²) in [5.41, 5.74) is 0. The molecule has 0 saturated carbocycles. The molecule has 0 heterocycles. The molecule has 0 aliphatic carbocycles. The highest BCUT2D eigenvalue weighted by atomic mass is 16.6. The van der Waals surface area contributed by atoms with Crippen LogP contribution >= 0.6 is 0 Å². The molecule has 0 N–H and O–H groups in total. The summed E-state index contributed by atoms with van der Waals surface area (Å²) in [6, 6.07) is 0. The fourth-order valence-corrected chi connectivity index (χ4v) is 7.20. The molecule has 0 aliphatic heterocycles. The molecule has 1 unspecified atom stereocenters. The van der Waals surface area contributed by atoms with E-state index in [0.29, 0.717) is 19.3 Å². The second-order valence-electron chi connectivity index (χ2n) is 17.9. The zero-order chi connectivity index (χ0) is 40.6. The number of ether oxygens (including phenoxy) is 3. The molecule has 0 aliphatic rings. The summed E-state index contributed by atoms with van der Waals surface area (Å²) in [7, 11) is 0. The van der Waals surface area contributed by atoms with E-state index in [0.717, 1.165) is 75.5 Å². The van der Waals surface area contributed by atoms with E-state index in [1.165, 1.54) is 141 Å². The van der Waals surface area contributed by atoms with E-state index in [-0.39, 0.29) is 31.1 Å². The van der Waals surface area contributed by atoms with Gasteiger partial charge >= 0.3 is 17.9 Å². The van der Waals surface area contributed by atoms with Gasteiger partial charge in [0.1, 0.15) is 13.2 Å². The van der Waals surface area contributed by atoms with Gasteiger partial charge in [0.25, 0.3) is 0 Å². The maximum absolute atomic E-state index is 12.7. The van der Waals surface area contributed by atoms with Crippen molar-refractivity contribution in [3.05, 3.63) is 0 Å². The van der Waals surface area contributed by atoms with Crippen LogP contribution < -0.4 is 0 Å². The minimum Gasteiger partial charge on any atom is -0.462 e. The lowest BCUT2D eigenvalue weighted by atomic mass is 9.99. The predicted molar refractivity (Wildman–Crippen MR) is 233 cm³/mol. The first-order chi connectivity index (χ1) is 26.6. The van der Waals surface area contributed by atoms with Crippen molar-refractivity contribution in [1.82, 2.24) is 0 Å². The Morgan fingerprint density at radius 2 is 0.636 bits per heavy atom. The number of rotatable bonds is 42. The van der Waals surface area contributed by atoms with Crippen LogP contribution in [-0.2, 0) is 28.6 Å². The maximum atomic E-state index is 12.7. The highest BCUT2D eigenvalue weighted by Crippen LogP contribution is 2.17. The third-order valence-electron chi connectivity index (χ3n) is 11.3. The number of carbonyl (C=O) groups excluding carboxylic acids is 3. The lowest BCUT2D eigenvalue weighted by molar-refractivity contribution is -0.167. The van der Waals surface area contributed by atoms with Crippen molar-refractivity contribution in [2.24, 2.45) is 17.8 Å². The van der Waals surface area contributed by atoms with Crippen LogP contribution in [-0.4, -0.2) is 37.2 Å². The van der Waals surface area contributed by atoms with Gasteiger partial charge in [-0.15, -0.1) is 0 Å². The summed E-state index contributed by atoms with van der Waals surface area (Å²) in [6.45, 7) is 13.6. The monoisotopic (exact) mass is 779 g/mol. The molecule has 0 spiro atoms. The van der Waals surface area contributed by atoms with E-state index in [9.17, 15) is 14.4 Å². The van der Waals surface area contributed by atoms with Gasteiger partial charge in [-0.3, -0.25) is 14.4 Å². The molecular formula is C49H94O6. The van der Waals surface area contributed by atoms with E-state index in [1.807, 2.05) is 0 Å². The quantitative estimate of drug-likeness (QED) is 0.0349. The number of carbonyl (C=O) groups is 3. The molecule has 6 nitrogen and oxygen atoms in total. The van der Waals surface area contributed by atoms with Crippen LogP contribution in [0.4, 0.5) is 0 Å². The molecule has 55 heavy (non-hydrogen) atoms. The Hall–Kier alpha value is -1.59.